The Morgan fingerprint density at radius 3 is 2.23 bits per heavy atom. The molecule has 0 bridgehead atoms. The number of carbonyl (C=O) groups excluding carboxylic acids is 3. The second kappa shape index (κ2) is 10.1. The van der Waals surface area contributed by atoms with E-state index in [4.69, 9.17) is 11.0 Å². The van der Waals surface area contributed by atoms with Crippen LogP contribution >= 0.6 is 0 Å². The van der Waals surface area contributed by atoms with Gasteiger partial charge >= 0.3 is 0 Å². The lowest BCUT2D eigenvalue weighted by atomic mass is 10.0. The van der Waals surface area contributed by atoms with Gasteiger partial charge in [-0.3, -0.25) is 14.4 Å². The first-order valence-corrected chi connectivity index (χ1v) is 12.9. The second-order valence-corrected chi connectivity index (χ2v) is 9.82. The molecule has 0 saturated carbocycles. The first-order chi connectivity index (χ1) is 19.4. The summed E-state index contributed by atoms with van der Waals surface area (Å²) in [5.41, 5.74) is 8.78. The molecule has 6 rings (SSSR count). The van der Waals surface area contributed by atoms with Gasteiger partial charge in [0.1, 0.15) is 11.3 Å². The summed E-state index contributed by atoms with van der Waals surface area (Å²) in [5.74, 6) is 0.211. The van der Waals surface area contributed by atoms with Gasteiger partial charge < -0.3 is 25.4 Å². The number of nitrogens with two attached hydrogens (primary N) is 1. The molecule has 2 aromatic carbocycles. The number of fused-ring (bicyclic) bond motifs is 1. The highest BCUT2D eigenvalue weighted by Crippen LogP contribution is 2.24. The number of rotatable bonds is 5. The number of H-pyrrole nitrogens is 1. The van der Waals surface area contributed by atoms with Crippen molar-refractivity contribution in [1.82, 2.24) is 29.7 Å². The van der Waals surface area contributed by atoms with Crippen LogP contribution in [0.4, 0.5) is 5.95 Å². The van der Waals surface area contributed by atoms with Crippen LogP contribution in [0, 0.1) is 17.2 Å². The fourth-order valence-electron chi connectivity index (χ4n) is 4.93. The van der Waals surface area contributed by atoms with Crippen LogP contribution in [0.25, 0.3) is 22.4 Å². The van der Waals surface area contributed by atoms with Gasteiger partial charge in [0.25, 0.3) is 17.7 Å². The van der Waals surface area contributed by atoms with E-state index < -0.39 is 5.91 Å². The van der Waals surface area contributed by atoms with Crippen molar-refractivity contribution in [3.63, 3.8) is 0 Å². The highest BCUT2D eigenvalue weighted by Gasteiger charge is 2.31. The number of nitrogens with one attached hydrogen (secondary N) is 1. The number of likely N-dealkylation sites (tertiary alicyclic amines) is 1. The molecule has 0 spiro atoms. The van der Waals surface area contributed by atoms with E-state index in [0.717, 1.165) is 5.56 Å². The molecule has 2 fully saturated rings. The summed E-state index contributed by atoms with van der Waals surface area (Å²) in [4.78, 5) is 59.2. The standard InChI is InChI=1S/C28H25N9O3/c29-12-17-15-37(16-17)27(40)20-13-31-28(32-14-20)36-10-8-35(9-11-36)26(39)19-6-4-18(5-7-19)25-33-22-3-1-2-21(24(30)38)23(22)34-25/h1-7,13-14,17H,8-11,15-16H2,(H2,30,38)(H,33,34). The average molecular weight is 536 g/mol. The number of hydrogen-bond acceptors (Lipinski definition) is 8. The number of anilines is 1. The monoisotopic (exact) mass is 535 g/mol. The molecule has 0 unspecified atom stereocenters. The number of aromatic nitrogens is 4. The summed E-state index contributed by atoms with van der Waals surface area (Å²) in [6.07, 6.45) is 3.03. The molecule has 40 heavy (non-hydrogen) atoms. The summed E-state index contributed by atoms with van der Waals surface area (Å²) in [5, 5.41) is 8.89. The van der Waals surface area contributed by atoms with Gasteiger partial charge in [-0.2, -0.15) is 5.26 Å². The molecule has 2 aliphatic heterocycles. The lowest BCUT2D eigenvalue weighted by Gasteiger charge is -2.35. The van der Waals surface area contributed by atoms with Crippen molar-refractivity contribution < 1.29 is 14.4 Å². The van der Waals surface area contributed by atoms with E-state index in [9.17, 15) is 14.4 Å². The Hall–Kier alpha value is -5.31. The summed E-state index contributed by atoms with van der Waals surface area (Å²) in [6.45, 7) is 3.02. The van der Waals surface area contributed by atoms with Gasteiger partial charge in [0.15, 0.2) is 0 Å². The Morgan fingerprint density at radius 1 is 0.900 bits per heavy atom. The van der Waals surface area contributed by atoms with Crippen LogP contribution in [0.15, 0.2) is 54.9 Å². The molecule has 200 valence electrons. The Kier molecular flexibility index (Phi) is 6.31. The second-order valence-electron chi connectivity index (χ2n) is 9.82. The van der Waals surface area contributed by atoms with Crippen LogP contribution in [-0.4, -0.2) is 86.7 Å². The number of amides is 3. The smallest absolute Gasteiger partial charge is 0.257 e. The van der Waals surface area contributed by atoms with E-state index in [1.807, 2.05) is 23.1 Å². The zero-order chi connectivity index (χ0) is 27.8. The van der Waals surface area contributed by atoms with Crippen LogP contribution in [-0.2, 0) is 0 Å². The van der Waals surface area contributed by atoms with Crippen molar-refractivity contribution in [2.24, 2.45) is 11.7 Å². The molecule has 4 aromatic rings. The zero-order valence-corrected chi connectivity index (χ0v) is 21.4. The van der Waals surface area contributed by atoms with Crippen LogP contribution in [0.2, 0.25) is 0 Å². The predicted octanol–water partition coefficient (Wildman–Crippen LogP) is 1.68. The number of hydrogen-bond donors (Lipinski definition) is 2. The molecule has 2 aliphatic rings. The quantitative estimate of drug-likeness (QED) is 0.389. The maximum Gasteiger partial charge on any atom is 0.257 e. The number of aromatic amines is 1. The number of carbonyl (C=O) groups is 3. The summed E-state index contributed by atoms with van der Waals surface area (Å²) in [7, 11) is 0. The topological polar surface area (TPSA) is 165 Å². The number of nitrogens with zero attached hydrogens (tertiary/aromatic N) is 7. The largest absolute Gasteiger partial charge is 0.366 e. The van der Waals surface area contributed by atoms with E-state index >= 15 is 0 Å². The van der Waals surface area contributed by atoms with Crippen LogP contribution in [0.3, 0.4) is 0 Å². The molecule has 0 atom stereocenters. The number of benzene rings is 2. The fraction of sp³-hybridized carbons (Fsp3) is 0.250. The highest BCUT2D eigenvalue weighted by molar-refractivity contribution is 6.04. The van der Waals surface area contributed by atoms with Gasteiger partial charge in [0.05, 0.1) is 28.6 Å². The highest BCUT2D eigenvalue weighted by atomic mass is 16.2. The maximum absolute atomic E-state index is 13.2. The lowest BCUT2D eigenvalue weighted by molar-refractivity contribution is 0.0576. The van der Waals surface area contributed by atoms with Crippen LogP contribution in [0.1, 0.15) is 31.1 Å². The molecule has 2 saturated heterocycles. The van der Waals surface area contributed by atoms with Gasteiger partial charge in [-0.25, -0.2) is 15.0 Å². The molecule has 3 N–H and O–H groups in total. The van der Waals surface area contributed by atoms with Crippen molar-refractivity contribution in [2.75, 3.05) is 44.2 Å². The minimum Gasteiger partial charge on any atom is -0.366 e. The molecule has 12 nitrogen and oxygen atoms in total. The first kappa shape index (κ1) is 25.0. The zero-order valence-electron chi connectivity index (χ0n) is 21.4. The normalized spacial score (nSPS) is 15.5. The van der Waals surface area contributed by atoms with Crippen LogP contribution < -0.4 is 10.6 Å². The van der Waals surface area contributed by atoms with Crippen molar-refractivity contribution >= 4 is 34.7 Å². The maximum atomic E-state index is 13.2. The van der Waals surface area contributed by atoms with Gasteiger partial charge in [-0.15, -0.1) is 0 Å². The summed E-state index contributed by atoms with van der Waals surface area (Å²) >= 11 is 0. The van der Waals surface area contributed by atoms with Gasteiger partial charge in [0, 0.05) is 62.8 Å². The lowest BCUT2D eigenvalue weighted by Crippen LogP contribution is -2.50. The van der Waals surface area contributed by atoms with E-state index in [1.165, 1.54) is 12.4 Å². The fourth-order valence-corrected chi connectivity index (χ4v) is 4.93. The van der Waals surface area contributed by atoms with Gasteiger partial charge in [-0.1, -0.05) is 18.2 Å². The molecule has 0 aliphatic carbocycles. The van der Waals surface area contributed by atoms with Crippen molar-refractivity contribution in [1.29, 1.82) is 5.26 Å². The molecule has 2 aromatic heterocycles. The third-order valence-electron chi connectivity index (χ3n) is 7.27. The molecular formula is C28H25N9O3. The summed E-state index contributed by atoms with van der Waals surface area (Å²) < 4.78 is 0. The Morgan fingerprint density at radius 2 is 1.57 bits per heavy atom. The number of piperazine rings is 1. The number of nitriles is 1. The minimum absolute atomic E-state index is 0.0705. The molecular weight excluding hydrogens is 510 g/mol. The van der Waals surface area contributed by atoms with Gasteiger partial charge in [-0.05, 0) is 24.3 Å². The first-order valence-electron chi connectivity index (χ1n) is 12.9. The Balaban J connectivity index is 1.07. The average Bonchev–Trinajstić information content (AvgIpc) is 3.41. The Bertz CT molecular complexity index is 1640. The summed E-state index contributed by atoms with van der Waals surface area (Å²) in [6, 6.07) is 14.5. The third kappa shape index (κ3) is 4.58. The van der Waals surface area contributed by atoms with E-state index in [1.54, 1.807) is 34.1 Å². The molecule has 0 radical (unpaired) electrons. The van der Waals surface area contributed by atoms with Crippen molar-refractivity contribution in [2.45, 2.75) is 0 Å². The predicted molar refractivity (Wildman–Crippen MR) is 145 cm³/mol. The molecule has 3 amide bonds. The molecule has 12 heteroatoms. The number of imidazole rings is 1. The number of para-hydroxylation sites is 1. The minimum atomic E-state index is -0.541. The van der Waals surface area contributed by atoms with E-state index in [0.29, 0.717) is 78.8 Å². The van der Waals surface area contributed by atoms with Crippen molar-refractivity contribution in [3.05, 3.63) is 71.5 Å². The SMILES string of the molecule is N#CC1CN(C(=O)c2cnc(N3CCN(C(=O)c4ccc(-c5nc6c(C(N)=O)cccc6[nH]5)cc4)CC3)nc2)C1. The van der Waals surface area contributed by atoms with Gasteiger partial charge in [0.2, 0.25) is 5.95 Å². The molecule has 4 heterocycles. The van der Waals surface area contributed by atoms with Crippen molar-refractivity contribution in [3.8, 4) is 17.5 Å². The Labute approximate surface area is 229 Å². The van der Waals surface area contributed by atoms with E-state index in [-0.39, 0.29) is 17.7 Å². The van der Waals surface area contributed by atoms with E-state index in [2.05, 4.69) is 26.0 Å². The third-order valence-corrected chi connectivity index (χ3v) is 7.27. The number of primary amides is 1. The van der Waals surface area contributed by atoms with Crippen LogP contribution in [0.5, 0.6) is 0 Å².